The molecule has 26 heavy (non-hydrogen) atoms. The van der Waals surface area contributed by atoms with Gasteiger partial charge in [0.25, 0.3) is 0 Å². The normalized spacial score (nSPS) is 20.2. The van der Waals surface area contributed by atoms with Gasteiger partial charge in [-0.2, -0.15) is 0 Å². The third kappa shape index (κ3) is 2.82. The Morgan fingerprint density at radius 3 is 2.00 bits per heavy atom. The number of hydrogen-bond acceptors (Lipinski definition) is 1. The van der Waals surface area contributed by atoms with Crippen LogP contribution in [0.1, 0.15) is 31.4 Å². The zero-order valence-corrected chi connectivity index (χ0v) is 15.4. The van der Waals surface area contributed by atoms with Crippen molar-refractivity contribution in [3.63, 3.8) is 0 Å². The van der Waals surface area contributed by atoms with E-state index >= 15 is 0 Å². The summed E-state index contributed by atoms with van der Waals surface area (Å²) in [6, 6.07) is 20.0. The largest absolute Gasteiger partial charge is 0.294 e. The van der Waals surface area contributed by atoms with Gasteiger partial charge in [-0.3, -0.25) is 4.79 Å². The molecule has 0 aromatic heterocycles. The minimum atomic E-state index is -0.821. The molecule has 0 saturated heterocycles. The van der Waals surface area contributed by atoms with Crippen molar-refractivity contribution in [1.29, 1.82) is 0 Å². The summed E-state index contributed by atoms with van der Waals surface area (Å²) < 4.78 is 0. The summed E-state index contributed by atoms with van der Waals surface area (Å²) in [5, 5.41) is 0. The van der Waals surface area contributed by atoms with E-state index in [1.54, 1.807) is 0 Å². The van der Waals surface area contributed by atoms with Crippen LogP contribution in [0, 0.1) is 24.2 Å². The molecule has 0 N–H and O–H groups in total. The second-order valence-corrected chi connectivity index (χ2v) is 7.10. The molecule has 2 aromatic carbocycles. The molecule has 0 fully saturated rings. The molecule has 0 spiro atoms. The van der Waals surface area contributed by atoms with Crippen LogP contribution in [0.3, 0.4) is 0 Å². The monoisotopic (exact) mass is 340 g/mol. The first-order valence-electron chi connectivity index (χ1n) is 8.97. The van der Waals surface area contributed by atoms with Crippen LogP contribution >= 0.6 is 0 Å². The first-order valence-corrected chi connectivity index (χ1v) is 8.97. The summed E-state index contributed by atoms with van der Waals surface area (Å²) >= 11 is 0. The number of rotatable bonds is 4. The van der Waals surface area contributed by atoms with Crippen LogP contribution in [0.2, 0.25) is 0 Å². The molecule has 130 valence electrons. The van der Waals surface area contributed by atoms with Crippen LogP contribution in [0.25, 0.3) is 0 Å². The lowest BCUT2D eigenvalue weighted by molar-refractivity contribution is -0.122. The van der Waals surface area contributed by atoms with E-state index in [0.29, 0.717) is 0 Å². The van der Waals surface area contributed by atoms with Gasteiger partial charge in [-0.25, -0.2) is 0 Å². The molecule has 1 aliphatic rings. The number of ketones is 1. The van der Waals surface area contributed by atoms with E-state index in [9.17, 15) is 4.79 Å². The lowest BCUT2D eigenvalue weighted by atomic mass is 9.57. The van der Waals surface area contributed by atoms with E-state index in [4.69, 9.17) is 6.42 Å². The molecule has 0 unspecified atom stereocenters. The van der Waals surface area contributed by atoms with Gasteiger partial charge in [0.05, 0.1) is 11.3 Å². The number of benzene rings is 2. The topological polar surface area (TPSA) is 17.1 Å². The lowest BCUT2D eigenvalue weighted by Crippen LogP contribution is -2.46. The summed E-state index contributed by atoms with van der Waals surface area (Å²) in [6.45, 7) is 8.06. The maximum Gasteiger partial charge on any atom is 0.164 e. The van der Waals surface area contributed by atoms with Crippen LogP contribution in [-0.2, 0) is 10.2 Å². The second kappa shape index (κ2) is 7.18. The number of hydrogen-bond donors (Lipinski definition) is 0. The number of terminal acetylenes is 1. The standard InChI is InChI=1S/C25H24O/c1-5-25(20-12-8-6-9-13-20,21-14-10-7-11-15-21)23-22(18(2)3)17-16-19(4)24(23)26/h1,6-16,22-23H,2,17H2,3-4H3/t22-,23-/m0/s1. The van der Waals surface area contributed by atoms with Crippen molar-refractivity contribution in [1.82, 2.24) is 0 Å². The molecule has 2 aromatic rings. The SMILES string of the molecule is C#CC(c1ccccc1)(c1ccccc1)[C@@H]1C(=O)C(C)=CC[C@H]1C(=C)C. The highest BCUT2D eigenvalue weighted by Gasteiger charge is 2.49. The van der Waals surface area contributed by atoms with Gasteiger partial charge in [0.15, 0.2) is 5.78 Å². The molecule has 0 saturated carbocycles. The maximum absolute atomic E-state index is 13.4. The molecule has 3 rings (SSSR count). The van der Waals surface area contributed by atoms with Crippen molar-refractivity contribution in [2.24, 2.45) is 11.8 Å². The van der Waals surface area contributed by atoms with E-state index in [1.165, 1.54) is 0 Å². The van der Waals surface area contributed by atoms with Crippen molar-refractivity contribution in [2.75, 3.05) is 0 Å². The van der Waals surface area contributed by atoms with Crippen molar-refractivity contribution in [3.8, 4) is 12.3 Å². The third-order valence-electron chi connectivity index (χ3n) is 5.54. The highest BCUT2D eigenvalue weighted by atomic mass is 16.1. The third-order valence-corrected chi connectivity index (χ3v) is 5.54. The fourth-order valence-corrected chi connectivity index (χ4v) is 4.14. The summed E-state index contributed by atoms with van der Waals surface area (Å²) in [6.07, 6.45) is 9.04. The second-order valence-electron chi connectivity index (χ2n) is 7.10. The van der Waals surface area contributed by atoms with Crippen LogP contribution in [0.15, 0.2) is 84.5 Å². The summed E-state index contributed by atoms with van der Waals surface area (Å²) in [5.41, 5.74) is 2.93. The lowest BCUT2D eigenvalue weighted by Gasteiger charge is -2.43. The van der Waals surface area contributed by atoms with Gasteiger partial charge in [-0.1, -0.05) is 84.8 Å². The minimum absolute atomic E-state index is 0.0164. The van der Waals surface area contributed by atoms with Gasteiger partial charge in [0, 0.05) is 0 Å². The predicted octanol–water partition coefficient (Wildman–Crippen LogP) is 5.33. The molecule has 1 heteroatoms. The molecule has 0 bridgehead atoms. The molecule has 1 nitrogen and oxygen atoms in total. The van der Waals surface area contributed by atoms with Crippen molar-refractivity contribution >= 4 is 5.78 Å². The van der Waals surface area contributed by atoms with Gasteiger partial charge in [-0.15, -0.1) is 6.42 Å². The number of carbonyl (C=O) groups is 1. The van der Waals surface area contributed by atoms with Crippen LogP contribution in [0.4, 0.5) is 0 Å². The van der Waals surface area contributed by atoms with Gasteiger partial charge in [0.1, 0.15) is 0 Å². The van der Waals surface area contributed by atoms with Crippen molar-refractivity contribution < 1.29 is 4.79 Å². The Bertz CT molecular complexity index is 841. The van der Waals surface area contributed by atoms with Crippen LogP contribution < -0.4 is 0 Å². The number of carbonyl (C=O) groups excluding carboxylic acids is 1. The molecule has 0 heterocycles. The zero-order chi connectivity index (χ0) is 18.7. The highest BCUT2D eigenvalue weighted by molar-refractivity contribution is 6.00. The molecule has 2 atom stereocenters. The summed E-state index contributed by atoms with van der Waals surface area (Å²) in [5.74, 6) is 2.84. The van der Waals surface area contributed by atoms with Gasteiger partial charge < -0.3 is 0 Å². The molecular formula is C25H24O. The Balaban J connectivity index is 2.34. The first kappa shape index (κ1) is 18.0. The van der Waals surface area contributed by atoms with Gasteiger partial charge in [-0.05, 0) is 42.9 Å². The maximum atomic E-state index is 13.4. The summed E-state index contributed by atoms with van der Waals surface area (Å²) in [7, 11) is 0. The van der Waals surface area contributed by atoms with E-state index < -0.39 is 5.41 Å². The van der Waals surface area contributed by atoms with Crippen molar-refractivity contribution in [3.05, 3.63) is 95.6 Å². The average Bonchev–Trinajstić information content (AvgIpc) is 2.67. The van der Waals surface area contributed by atoms with Gasteiger partial charge >= 0.3 is 0 Å². The van der Waals surface area contributed by atoms with Crippen molar-refractivity contribution in [2.45, 2.75) is 25.7 Å². The van der Waals surface area contributed by atoms with E-state index in [1.807, 2.05) is 80.6 Å². The Labute approximate surface area is 156 Å². The molecular weight excluding hydrogens is 316 g/mol. The van der Waals surface area contributed by atoms with Crippen LogP contribution in [0.5, 0.6) is 0 Å². The number of Topliss-reactive ketones (excluding diaryl/α,β-unsaturated/α-hetero) is 1. The van der Waals surface area contributed by atoms with Crippen LogP contribution in [-0.4, -0.2) is 5.78 Å². The Morgan fingerprint density at radius 2 is 1.58 bits per heavy atom. The number of allylic oxidation sites excluding steroid dienone is 3. The molecule has 0 amide bonds. The van der Waals surface area contributed by atoms with Gasteiger partial charge in [0.2, 0.25) is 0 Å². The predicted molar refractivity (Wildman–Crippen MR) is 108 cm³/mol. The highest BCUT2D eigenvalue weighted by Crippen LogP contribution is 2.48. The smallest absolute Gasteiger partial charge is 0.164 e. The van der Waals surface area contributed by atoms with E-state index in [0.717, 1.165) is 28.7 Å². The quantitative estimate of drug-likeness (QED) is 0.543. The molecule has 0 radical (unpaired) electrons. The Kier molecular flexibility index (Phi) is 4.96. The average molecular weight is 340 g/mol. The molecule has 0 aliphatic heterocycles. The first-order chi connectivity index (χ1) is 12.5. The zero-order valence-electron chi connectivity index (χ0n) is 15.4. The fourth-order valence-electron chi connectivity index (χ4n) is 4.14. The molecule has 1 aliphatic carbocycles. The van der Waals surface area contributed by atoms with E-state index in [-0.39, 0.29) is 17.6 Å². The van der Waals surface area contributed by atoms with E-state index in [2.05, 4.69) is 12.5 Å². The minimum Gasteiger partial charge on any atom is -0.294 e. The summed E-state index contributed by atoms with van der Waals surface area (Å²) in [4.78, 5) is 13.4. The fraction of sp³-hybridized carbons (Fsp3) is 0.240. The Morgan fingerprint density at radius 1 is 1.08 bits per heavy atom. The Hall–Kier alpha value is -2.85.